The summed E-state index contributed by atoms with van der Waals surface area (Å²) in [5, 5.41) is 11.4. The summed E-state index contributed by atoms with van der Waals surface area (Å²) in [5.41, 5.74) is 6.15. The van der Waals surface area contributed by atoms with Gasteiger partial charge in [0, 0.05) is 21.2 Å². The van der Waals surface area contributed by atoms with Crippen LogP contribution in [0.15, 0.2) is 132 Å². The van der Waals surface area contributed by atoms with Gasteiger partial charge in [0.2, 0.25) is 25.4 Å². The van der Waals surface area contributed by atoms with Crippen LogP contribution >= 0.6 is 14.3 Å². The van der Waals surface area contributed by atoms with Crippen LogP contribution < -0.4 is 32.1 Å². The van der Waals surface area contributed by atoms with E-state index in [0.717, 1.165) is 0 Å². The molecule has 1 aliphatic heterocycles. The molecule has 0 spiro atoms. The predicted molar refractivity (Wildman–Crippen MR) is 141 cm³/mol. The van der Waals surface area contributed by atoms with Gasteiger partial charge in [-0.2, -0.15) is 0 Å². The van der Waals surface area contributed by atoms with Gasteiger partial charge in [-0.05, 0) is 0 Å². The Morgan fingerprint density at radius 3 is 0.853 bits per heavy atom. The lowest BCUT2D eigenvalue weighted by molar-refractivity contribution is 0.590. The van der Waals surface area contributed by atoms with Crippen molar-refractivity contribution >= 4 is 46.7 Å². The fourth-order valence-corrected chi connectivity index (χ4v) is 8.58. The molecule has 4 aromatic rings. The topological polar surface area (TPSA) is 82.9 Å². The zero-order valence-corrected chi connectivity index (χ0v) is 19.9. The second-order valence-corrected chi connectivity index (χ2v) is 13.0. The van der Waals surface area contributed by atoms with Gasteiger partial charge in [0.1, 0.15) is 0 Å². The first-order valence-electron chi connectivity index (χ1n) is 10.7. The molecule has 1 heterocycles. The molecule has 6 nitrogen and oxygen atoms in total. The van der Waals surface area contributed by atoms with Crippen LogP contribution in [0.4, 0.5) is 0 Å². The molecule has 2 N–H and O–H groups in total. The number of hydrogen-bond donors (Lipinski definition) is 2. The summed E-state index contributed by atoms with van der Waals surface area (Å²) in [6.45, 7) is 0. The summed E-state index contributed by atoms with van der Waals surface area (Å²) in [5.74, 6) is 0. The SMILES string of the molecule is O=P(C1=NNC(P(=O)(c2ccccc2)c2ccccc2)=NN1)(c1ccccc1)c1ccccc1. The van der Waals surface area contributed by atoms with Gasteiger partial charge in [-0.3, -0.25) is 10.9 Å². The highest BCUT2D eigenvalue weighted by atomic mass is 31.2. The quantitative estimate of drug-likeness (QED) is 0.409. The Hall–Kier alpha value is -3.72. The lowest BCUT2D eigenvalue weighted by atomic mass is 10.4. The van der Waals surface area contributed by atoms with Crippen molar-refractivity contribution in [2.75, 3.05) is 0 Å². The standard InChI is InChI=1S/C26H22N4O2P2/c31-33(21-13-5-1-6-14-21,22-15-7-2-8-16-22)25-27-29-26(30-28-25)34(32,23-17-9-3-10-18-23)24-19-11-4-12-20-24/h1-20H,(H,27,28)(H,29,30). The molecule has 0 unspecified atom stereocenters. The van der Waals surface area contributed by atoms with Crippen LogP contribution in [-0.4, -0.2) is 11.2 Å². The van der Waals surface area contributed by atoms with Crippen molar-refractivity contribution < 1.29 is 9.13 Å². The van der Waals surface area contributed by atoms with E-state index in [1.54, 1.807) is 0 Å². The maximum absolute atomic E-state index is 14.5. The van der Waals surface area contributed by atoms with E-state index < -0.39 is 14.3 Å². The normalized spacial score (nSPS) is 13.8. The second kappa shape index (κ2) is 9.26. The molecule has 0 aliphatic carbocycles. The minimum atomic E-state index is -3.34. The molecule has 0 saturated carbocycles. The molecule has 1 aliphatic rings. The van der Waals surface area contributed by atoms with E-state index in [1.165, 1.54) is 0 Å². The molecular formula is C26H22N4O2P2. The molecule has 0 amide bonds. The van der Waals surface area contributed by atoms with Crippen LogP contribution in [-0.2, 0) is 9.13 Å². The molecule has 0 aromatic heterocycles. The third-order valence-corrected chi connectivity index (χ3v) is 11.3. The van der Waals surface area contributed by atoms with Crippen LogP contribution in [0.2, 0.25) is 0 Å². The average Bonchev–Trinajstić information content (AvgIpc) is 2.94. The Labute approximate surface area is 198 Å². The maximum atomic E-state index is 14.5. The Morgan fingerprint density at radius 1 is 0.412 bits per heavy atom. The van der Waals surface area contributed by atoms with Gasteiger partial charge < -0.3 is 9.13 Å². The van der Waals surface area contributed by atoms with Crippen LogP contribution in [0.5, 0.6) is 0 Å². The van der Waals surface area contributed by atoms with E-state index in [9.17, 15) is 9.13 Å². The van der Waals surface area contributed by atoms with E-state index in [-0.39, 0.29) is 11.2 Å². The molecule has 0 saturated heterocycles. The van der Waals surface area contributed by atoms with Gasteiger partial charge >= 0.3 is 0 Å². The van der Waals surface area contributed by atoms with Crippen molar-refractivity contribution in [1.82, 2.24) is 10.9 Å². The summed E-state index contributed by atoms with van der Waals surface area (Å²) >= 11 is 0. The van der Waals surface area contributed by atoms with Crippen molar-refractivity contribution in [3.8, 4) is 0 Å². The number of hydrogen-bond acceptors (Lipinski definition) is 6. The van der Waals surface area contributed by atoms with Crippen molar-refractivity contribution in [2.24, 2.45) is 10.2 Å². The third-order valence-electron chi connectivity index (χ3n) is 5.60. The molecule has 0 atom stereocenters. The fraction of sp³-hybridized carbons (Fsp3) is 0. The Kier molecular flexibility index (Phi) is 6.02. The summed E-state index contributed by atoms with van der Waals surface area (Å²) in [4.78, 5) is 0. The molecule has 168 valence electrons. The van der Waals surface area contributed by atoms with E-state index in [0.29, 0.717) is 21.2 Å². The molecular weight excluding hydrogens is 462 g/mol. The Morgan fingerprint density at radius 2 is 0.647 bits per heavy atom. The minimum Gasteiger partial charge on any atom is -0.305 e. The Bertz CT molecular complexity index is 1240. The zero-order chi connectivity index (χ0) is 23.4. The van der Waals surface area contributed by atoms with Crippen LogP contribution in [0, 0.1) is 0 Å². The van der Waals surface area contributed by atoms with Gasteiger partial charge in [0.15, 0.2) is 0 Å². The second-order valence-electron chi connectivity index (χ2n) is 7.66. The van der Waals surface area contributed by atoms with Crippen molar-refractivity contribution in [1.29, 1.82) is 0 Å². The van der Waals surface area contributed by atoms with Crippen LogP contribution in [0.3, 0.4) is 0 Å². The molecule has 34 heavy (non-hydrogen) atoms. The van der Waals surface area contributed by atoms with E-state index >= 15 is 0 Å². The van der Waals surface area contributed by atoms with E-state index in [1.807, 2.05) is 121 Å². The number of nitrogens with one attached hydrogen (secondary N) is 2. The lowest BCUT2D eigenvalue weighted by Gasteiger charge is -2.26. The largest absolute Gasteiger partial charge is 0.305 e. The van der Waals surface area contributed by atoms with Crippen LogP contribution in [0.25, 0.3) is 0 Å². The summed E-state index contributed by atoms with van der Waals surface area (Å²) < 4.78 is 29.0. The smallest absolute Gasteiger partial charge is 0.211 e. The van der Waals surface area contributed by atoms with Gasteiger partial charge in [-0.1, -0.05) is 121 Å². The van der Waals surface area contributed by atoms with E-state index in [2.05, 4.69) is 21.1 Å². The maximum Gasteiger partial charge on any atom is 0.211 e. The van der Waals surface area contributed by atoms with Crippen molar-refractivity contribution in [3.05, 3.63) is 121 Å². The van der Waals surface area contributed by atoms with Gasteiger partial charge in [-0.15, -0.1) is 10.2 Å². The zero-order valence-electron chi connectivity index (χ0n) is 18.2. The number of amidine groups is 2. The molecule has 5 rings (SSSR count). The van der Waals surface area contributed by atoms with Crippen LogP contribution in [0.1, 0.15) is 0 Å². The lowest BCUT2D eigenvalue weighted by Crippen LogP contribution is -2.40. The highest BCUT2D eigenvalue weighted by Gasteiger charge is 2.39. The Balaban J connectivity index is 1.58. The highest BCUT2D eigenvalue weighted by Crippen LogP contribution is 2.47. The highest BCUT2D eigenvalue weighted by molar-refractivity contribution is 7.94. The summed E-state index contributed by atoms with van der Waals surface area (Å²) in [7, 11) is -6.69. The summed E-state index contributed by atoms with van der Waals surface area (Å²) in [6, 6.07) is 36.8. The first kappa shape index (κ1) is 22.1. The fourth-order valence-electron chi connectivity index (χ4n) is 3.88. The molecule has 0 fully saturated rings. The predicted octanol–water partition coefficient (Wildman–Crippen LogP) is 3.75. The van der Waals surface area contributed by atoms with Crippen molar-refractivity contribution in [2.45, 2.75) is 0 Å². The van der Waals surface area contributed by atoms with Crippen molar-refractivity contribution in [3.63, 3.8) is 0 Å². The molecule has 8 heteroatoms. The molecule has 4 aromatic carbocycles. The number of hydrazone groups is 2. The number of nitrogens with zero attached hydrogens (tertiary/aromatic N) is 2. The summed E-state index contributed by atoms with van der Waals surface area (Å²) in [6.07, 6.45) is 0. The number of rotatable bonds is 6. The van der Waals surface area contributed by atoms with Gasteiger partial charge in [-0.25, -0.2) is 0 Å². The van der Waals surface area contributed by atoms with Gasteiger partial charge in [0.25, 0.3) is 0 Å². The average molecular weight is 484 g/mol. The minimum absolute atomic E-state index is 0.182. The van der Waals surface area contributed by atoms with E-state index in [4.69, 9.17) is 0 Å². The molecule has 0 bridgehead atoms. The number of benzene rings is 4. The van der Waals surface area contributed by atoms with Gasteiger partial charge in [0.05, 0.1) is 0 Å². The molecule has 0 radical (unpaired) electrons. The first-order chi connectivity index (χ1) is 16.6. The first-order valence-corrected chi connectivity index (χ1v) is 14.2. The monoisotopic (exact) mass is 484 g/mol. The third kappa shape index (κ3) is 3.81.